The van der Waals surface area contributed by atoms with Crippen LogP contribution in [-0.4, -0.2) is 38.3 Å². The standard InChI is InChI=1S/C18H18BrN5O2S/c19-13-3-4-15(20-9-13)22-17(26)12-2-1-5-23(10-12)11-14-8-16(25)24-6-7-27-18(24)21-14/h3-4,6-9,12H,1-2,5,10-11H2,(H,20,22,26)/t12-/m1/s1. The molecule has 0 aromatic carbocycles. The van der Waals surface area contributed by atoms with E-state index in [0.717, 1.165) is 29.6 Å². The van der Waals surface area contributed by atoms with Crippen molar-refractivity contribution in [3.63, 3.8) is 0 Å². The number of rotatable bonds is 4. The molecule has 0 unspecified atom stereocenters. The summed E-state index contributed by atoms with van der Waals surface area (Å²) in [5, 5.41) is 4.74. The van der Waals surface area contributed by atoms with Crippen molar-refractivity contribution in [2.24, 2.45) is 5.92 Å². The van der Waals surface area contributed by atoms with Gasteiger partial charge in [-0.2, -0.15) is 0 Å². The molecule has 1 aliphatic rings. The van der Waals surface area contributed by atoms with Crippen LogP contribution in [0.3, 0.4) is 0 Å². The van der Waals surface area contributed by atoms with Gasteiger partial charge in [0.25, 0.3) is 5.56 Å². The predicted molar refractivity (Wildman–Crippen MR) is 108 cm³/mol. The van der Waals surface area contributed by atoms with E-state index in [9.17, 15) is 9.59 Å². The summed E-state index contributed by atoms with van der Waals surface area (Å²) in [6, 6.07) is 5.20. The fourth-order valence-corrected chi connectivity index (χ4v) is 4.26. The molecule has 1 amide bonds. The van der Waals surface area contributed by atoms with Gasteiger partial charge in [0, 0.05) is 41.4 Å². The Morgan fingerprint density at radius 2 is 2.30 bits per heavy atom. The lowest BCUT2D eigenvalue weighted by atomic mass is 9.97. The lowest BCUT2D eigenvalue weighted by Gasteiger charge is -2.31. The largest absolute Gasteiger partial charge is 0.310 e. The van der Waals surface area contributed by atoms with Crippen LogP contribution in [0.15, 0.2) is 45.2 Å². The maximum Gasteiger partial charge on any atom is 0.258 e. The first kappa shape index (κ1) is 18.3. The van der Waals surface area contributed by atoms with Gasteiger partial charge in [-0.3, -0.25) is 18.9 Å². The van der Waals surface area contributed by atoms with E-state index in [4.69, 9.17) is 0 Å². The van der Waals surface area contributed by atoms with Crippen LogP contribution in [0.5, 0.6) is 0 Å². The molecular weight excluding hydrogens is 430 g/mol. The number of likely N-dealkylation sites (tertiary alicyclic amines) is 1. The summed E-state index contributed by atoms with van der Waals surface area (Å²) in [6.07, 6.45) is 5.18. The molecule has 1 atom stereocenters. The first-order valence-electron chi connectivity index (χ1n) is 8.69. The maximum atomic E-state index is 12.6. The number of piperidine rings is 1. The zero-order valence-corrected chi connectivity index (χ0v) is 16.9. The number of nitrogens with zero attached hydrogens (tertiary/aromatic N) is 4. The number of halogens is 1. The lowest BCUT2D eigenvalue weighted by Crippen LogP contribution is -2.40. The summed E-state index contributed by atoms with van der Waals surface area (Å²) in [4.78, 5) is 36.4. The molecule has 3 aromatic rings. The van der Waals surface area contributed by atoms with Gasteiger partial charge >= 0.3 is 0 Å². The molecule has 3 aromatic heterocycles. The Hall–Kier alpha value is -2.10. The van der Waals surface area contributed by atoms with Crippen molar-refractivity contribution in [1.82, 2.24) is 19.3 Å². The highest BCUT2D eigenvalue weighted by molar-refractivity contribution is 9.10. The minimum Gasteiger partial charge on any atom is -0.310 e. The molecular formula is C18H18BrN5O2S. The fraction of sp³-hybridized carbons (Fsp3) is 0.333. The number of nitrogens with one attached hydrogen (secondary N) is 1. The third-order valence-corrected chi connectivity index (χ3v) is 5.82. The summed E-state index contributed by atoms with van der Waals surface area (Å²) < 4.78 is 2.42. The van der Waals surface area contributed by atoms with Crippen molar-refractivity contribution >= 4 is 44.0 Å². The summed E-state index contributed by atoms with van der Waals surface area (Å²) >= 11 is 4.78. The van der Waals surface area contributed by atoms with Crippen molar-refractivity contribution in [3.8, 4) is 0 Å². The molecule has 0 aliphatic carbocycles. The van der Waals surface area contributed by atoms with E-state index in [1.807, 2.05) is 11.4 Å². The van der Waals surface area contributed by atoms with Gasteiger partial charge in [0.1, 0.15) is 5.82 Å². The van der Waals surface area contributed by atoms with Crippen LogP contribution in [0.4, 0.5) is 5.82 Å². The highest BCUT2D eigenvalue weighted by atomic mass is 79.9. The van der Waals surface area contributed by atoms with Gasteiger partial charge in [0.2, 0.25) is 5.91 Å². The van der Waals surface area contributed by atoms with Crippen molar-refractivity contribution in [2.75, 3.05) is 18.4 Å². The van der Waals surface area contributed by atoms with Crippen LogP contribution in [-0.2, 0) is 11.3 Å². The Kier molecular flexibility index (Phi) is 5.33. The third kappa shape index (κ3) is 4.26. The normalized spacial score (nSPS) is 17.9. The Bertz CT molecular complexity index is 1020. The van der Waals surface area contributed by atoms with Gasteiger partial charge in [-0.25, -0.2) is 9.97 Å². The topological polar surface area (TPSA) is 79.6 Å². The van der Waals surface area contributed by atoms with Crippen LogP contribution in [0, 0.1) is 5.92 Å². The number of fused-ring (bicyclic) bond motifs is 1. The predicted octanol–water partition coefficient (Wildman–Crippen LogP) is 2.76. The Labute approximate surface area is 168 Å². The molecule has 9 heteroatoms. The number of anilines is 1. The lowest BCUT2D eigenvalue weighted by molar-refractivity contribution is -0.121. The van der Waals surface area contributed by atoms with E-state index in [2.05, 4.69) is 36.1 Å². The number of thiazole rings is 1. The molecule has 0 radical (unpaired) electrons. The highest BCUT2D eigenvalue weighted by Crippen LogP contribution is 2.20. The Morgan fingerprint density at radius 3 is 3.11 bits per heavy atom. The van der Waals surface area contributed by atoms with Crippen molar-refractivity contribution in [3.05, 3.63) is 56.5 Å². The maximum absolute atomic E-state index is 12.6. The minimum atomic E-state index is -0.101. The average molecular weight is 448 g/mol. The zero-order valence-electron chi connectivity index (χ0n) is 14.5. The van der Waals surface area contributed by atoms with Gasteiger partial charge in [0.05, 0.1) is 11.6 Å². The van der Waals surface area contributed by atoms with Crippen LogP contribution in [0.2, 0.25) is 0 Å². The number of carbonyl (C=O) groups excluding carboxylic acids is 1. The Balaban J connectivity index is 1.41. The van der Waals surface area contributed by atoms with Crippen molar-refractivity contribution in [1.29, 1.82) is 0 Å². The van der Waals surface area contributed by atoms with E-state index < -0.39 is 0 Å². The SMILES string of the molecule is O=C(Nc1ccc(Br)cn1)[C@@H]1CCCN(Cc2cc(=O)n3ccsc3n2)C1. The molecule has 0 bridgehead atoms. The zero-order chi connectivity index (χ0) is 18.8. The monoisotopic (exact) mass is 447 g/mol. The van der Waals surface area contributed by atoms with Gasteiger partial charge in [-0.15, -0.1) is 11.3 Å². The van der Waals surface area contributed by atoms with Gasteiger partial charge in [-0.05, 0) is 47.4 Å². The molecule has 1 saturated heterocycles. The summed E-state index contributed by atoms with van der Waals surface area (Å²) in [5.41, 5.74) is 0.682. The van der Waals surface area contributed by atoms with E-state index in [1.54, 1.807) is 28.9 Å². The van der Waals surface area contributed by atoms with Crippen molar-refractivity contribution < 1.29 is 4.79 Å². The quantitative estimate of drug-likeness (QED) is 0.664. The number of hydrogen-bond donors (Lipinski definition) is 1. The van der Waals surface area contributed by atoms with E-state index in [1.165, 1.54) is 11.3 Å². The van der Waals surface area contributed by atoms with E-state index in [-0.39, 0.29) is 17.4 Å². The fourth-order valence-electron chi connectivity index (χ4n) is 3.29. The molecule has 4 heterocycles. The number of pyridine rings is 1. The number of hydrogen-bond acceptors (Lipinski definition) is 6. The molecule has 1 fully saturated rings. The first-order chi connectivity index (χ1) is 13.1. The smallest absolute Gasteiger partial charge is 0.258 e. The van der Waals surface area contributed by atoms with Crippen LogP contribution >= 0.6 is 27.3 Å². The second-order valence-electron chi connectivity index (χ2n) is 6.57. The van der Waals surface area contributed by atoms with E-state index >= 15 is 0 Å². The summed E-state index contributed by atoms with van der Waals surface area (Å²) in [5.74, 6) is 0.435. The highest BCUT2D eigenvalue weighted by Gasteiger charge is 2.26. The summed E-state index contributed by atoms with van der Waals surface area (Å²) in [6.45, 7) is 2.11. The van der Waals surface area contributed by atoms with Crippen molar-refractivity contribution in [2.45, 2.75) is 19.4 Å². The molecule has 0 saturated carbocycles. The molecule has 0 spiro atoms. The number of amides is 1. The average Bonchev–Trinajstić information content (AvgIpc) is 3.13. The van der Waals surface area contributed by atoms with Crippen LogP contribution in [0.25, 0.3) is 4.96 Å². The molecule has 140 valence electrons. The van der Waals surface area contributed by atoms with Gasteiger partial charge in [0.15, 0.2) is 4.96 Å². The van der Waals surface area contributed by atoms with Gasteiger partial charge < -0.3 is 5.32 Å². The molecule has 7 nitrogen and oxygen atoms in total. The second kappa shape index (κ2) is 7.87. The minimum absolute atomic E-state index is 0.0174. The molecule has 1 N–H and O–H groups in total. The second-order valence-corrected chi connectivity index (χ2v) is 8.36. The van der Waals surface area contributed by atoms with Crippen LogP contribution in [0.1, 0.15) is 18.5 Å². The molecule has 1 aliphatic heterocycles. The summed E-state index contributed by atoms with van der Waals surface area (Å²) in [7, 11) is 0. The van der Waals surface area contributed by atoms with Crippen LogP contribution < -0.4 is 10.9 Å². The van der Waals surface area contributed by atoms with E-state index in [0.29, 0.717) is 23.9 Å². The number of carbonyl (C=O) groups is 1. The molecule has 27 heavy (non-hydrogen) atoms. The van der Waals surface area contributed by atoms with Gasteiger partial charge in [-0.1, -0.05) is 0 Å². The first-order valence-corrected chi connectivity index (χ1v) is 10.4. The Morgan fingerprint density at radius 1 is 1.41 bits per heavy atom. The molecule has 4 rings (SSSR count). The third-order valence-electron chi connectivity index (χ3n) is 4.60. The number of aromatic nitrogens is 3.